The summed E-state index contributed by atoms with van der Waals surface area (Å²) < 4.78 is 33.5. The molecule has 2 heterocycles. The number of aromatic nitrogens is 4. The van der Waals surface area contributed by atoms with Crippen molar-refractivity contribution < 1.29 is 18.3 Å². The number of halogens is 2. The number of nitrogens with zero attached hydrogens (tertiary/aromatic N) is 4. The maximum absolute atomic E-state index is 13.3. The van der Waals surface area contributed by atoms with Gasteiger partial charge in [0.1, 0.15) is 12.1 Å². The number of rotatable bonds is 5. The van der Waals surface area contributed by atoms with E-state index in [-0.39, 0.29) is 5.56 Å². The van der Waals surface area contributed by atoms with Crippen molar-refractivity contribution in [3.63, 3.8) is 0 Å². The SMILES string of the molecule is O=C(Nc1ccc(Oc2cc(-n3cccn3)ncn2)cc1)c1ccc(F)c(F)c1. The van der Waals surface area contributed by atoms with Crippen molar-refractivity contribution in [2.24, 2.45) is 0 Å². The Hall–Kier alpha value is -4.14. The third-order valence-corrected chi connectivity index (χ3v) is 3.88. The summed E-state index contributed by atoms with van der Waals surface area (Å²) in [6.07, 6.45) is 4.75. The van der Waals surface area contributed by atoms with Gasteiger partial charge >= 0.3 is 0 Å². The summed E-state index contributed by atoms with van der Waals surface area (Å²) in [5.41, 5.74) is 0.475. The Balaban J connectivity index is 1.43. The van der Waals surface area contributed by atoms with Crippen LogP contribution < -0.4 is 10.1 Å². The number of carbonyl (C=O) groups excluding carboxylic acids is 1. The molecule has 0 atom stereocenters. The molecular weight excluding hydrogens is 380 g/mol. The minimum absolute atomic E-state index is 0.0105. The molecule has 0 unspecified atom stereocenters. The first kappa shape index (κ1) is 18.2. The topological polar surface area (TPSA) is 81.9 Å². The number of nitrogens with one attached hydrogen (secondary N) is 1. The molecular formula is C20H13F2N5O2. The molecule has 4 aromatic rings. The van der Waals surface area contributed by atoms with E-state index in [9.17, 15) is 13.6 Å². The van der Waals surface area contributed by atoms with Gasteiger partial charge in [0.25, 0.3) is 5.91 Å². The molecule has 1 N–H and O–H groups in total. The molecule has 29 heavy (non-hydrogen) atoms. The fourth-order valence-corrected chi connectivity index (χ4v) is 2.48. The molecule has 0 aliphatic carbocycles. The normalized spacial score (nSPS) is 10.6. The molecule has 7 nitrogen and oxygen atoms in total. The lowest BCUT2D eigenvalue weighted by atomic mass is 10.2. The summed E-state index contributed by atoms with van der Waals surface area (Å²) in [5, 5.41) is 6.70. The largest absolute Gasteiger partial charge is 0.439 e. The van der Waals surface area contributed by atoms with Gasteiger partial charge in [0.05, 0.1) is 0 Å². The standard InChI is InChI=1S/C20H13F2N5O2/c21-16-7-2-13(10-17(16)22)20(28)26-14-3-5-15(6-4-14)29-19-11-18(23-12-24-19)27-9-1-8-25-27/h1-12H,(H,26,28). The molecule has 0 aliphatic heterocycles. The summed E-state index contributed by atoms with van der Waals surface area (Å²) in [4.78, 5) is 20.3. The van der Waals surface area contributed by atoms with Crippen LogP contribution in [0.25, 0.3) is 5.82 Å². The molecule has 9 heteroatoms. The second-order valence-electron chi connectivity index (χ2n) is 5.87. The number of ether oxygens (including phenoxy) is 1. The Morgan fingerprint density at radius 1 is 1.00 bits per heavy atom. The van der Waals surface area contributed by atoms with E-state index < -0.39 is 17.5 Å². The van der Waals surface area contributed by atoms with Crippen LogP contribution in [0.3, 0.4) is 0 Å². The van der Waals surface area contributed by atoms with Gasteiger partial charge in [-0.05, 0) is 48.5 Å². The van der Waals surface area contributed by atoms with Gasteiger partial charge in [0.15, 0.2) is 17.5 Å². The molecule has 0 aliphatic rings. The lowest BCUT2D eigenvalue weighted by molar-refractivity contribution is 0.102. The van der Waals surface area contributed by atoms with Gasteiger partial charge < -0.3 is 10.1 Å². The number of benzene rings is 2. The number of hydrogen-bond donors (Lipinski definition) is 1. The van der Waals surface area contributed by atoms with Crippen molar-refractivity contribution in [1.29, 1.82) is 0 Å². The van der Waals surface area contributed by atoms with E-state index in [2.05, 4.69) is 20.4 Å². The molecule has 1 amide bonds. The molecule has 0 radical (unpaired) electrons. The van der Waals surface area contributed by atoms with Gasteiger partial charge in [-0.15, -0.1) is 0 Å². The van der Waals surface area contributed by atoms with Gasteiger partial charge in [0.2, 0.25) is 5.88 Å². The van der Waals surface area contributed by atoms with Crippen molar-refractivity contribution in [2.75, 3.05) is 5.32 Å². The Morgan fingerprint density at radius 2 is 1.83 bits per heavy atom. The van der Waals surface area contributed by atoms with Crippen LogP contribution >= 0.6 is 0 Å². The van der Waals surface area contributed by atoms with Crippen LogP contribution in [0, 0.1) is 11.6 Å². The minimum atomic E-state index is -1.08. The third-order valence-electron chi connectivity index (χ3n) is 3.88. The highest BCUT2D eigenvalue weighted by atomic mass is 19.2. The number of anilines is 1. The lowest BCUT2D eigenvalue weighted by Gasteiger charge is -2.08. The van der Waals surface area contributed by atoms with E-state index in [0.717, 1.165) is 12.1 Å². The summed E-state index contributed by atoms with van der Waals surface area (Å²) in [7, 11) is 0. The van der Waals surface area contributed by atoms with E-state index >= 15 is 0 Å². The highest BCUT2D eigenvalue weighted by molar-refractivity contribution is 6.04. The van der Waals surface area contributed by atoms with Crippen LogP contribution in [0.4, 0.5) is 14.5 Å². The molecule has 144 valence electrons. The van der Waals surface area contributed by atoms with E-state index in [0.29, 0.717) is 23.1 Å². The van der Waals surface area contributed by atoms with Crippen LogP contribution in [0.5, 0.6) is 11.6 Å². The quantitative estimate of drug-likeness (QED) is 0.555. The average molecular weight is 393 g/mol. The number of carbonyl (C=O) groups is 1. The predicted octanol–water partition coefficient (Wildman–Crippen LogP) is 3.99. The van der Waals surface area contributed by atoms with Gasteiger partial charge in [-0.2, -0.15) is 5.10 Å². The molecule has 0 fully saturated rings. The van der Waals surface area contributed by atoms with Crippen LogP contribution in [-0.2, 0) is 0 Å². The number of amides is 1. The highest BCUT2D eigenvalue weighted by Gasteiger charge is 2.10. The average Bonchev–Trinajstić information content (AvgIpc) is 3.27. The third kappa shape index (κ3) is 4.24. The van der Waals surface area contributed by atoms with Crippen LogP contribution in [0.2, 0.25) is 0 Å². The summed E-state index contributed by atoms with van der Waals surface area (Å²) in [5.74, 6) is -1.29. The molecule has 0 spiro atoms. The molecule has 0 saturated heterocycles. The predicted molar refractivity (Wildman–Crippen MR) is 100.0 cm³/mol. The molecule has 2 aromatic heterocycles. The van der Waals surface area contributed by atoms with Crippen LogP contribution in [0.1, 0.15) is 10.4 Å². The first-order valence-corrected chi connectivity index (χ1v) is 8.45. The van der Waals surface area contributed by atoms with Crippen molar-refractivity contribution in [3.05, 3.63) is 90.5 Å². The maximum Gasteiger partial charge on any atom is 0.255 e. The zero-order chi connectivity index (χ0) is 20.2. The molecule has 0 bridgehead atoms. The second-order valence-corrected chi connectivity index (χ2v) is 5.87. The minimum Gasteiger partial charge on any atom is -0.439 e. The summed E-state index contributed by atoms with van der Waals surface area (Å²) in [6.45, 7) is 0. The van der Waals surface area contributed by atoms with Crippen LogP contribution in [-0.4, -0.2) is 25.7 Å². The zero-order valence-electron chi connectivity index (χ0n) is 14.8. The van der Waals surface area contributed by atoms with Crippen molar-refractivity contribution in [2.45, 2.75) is 0 Å². The van der Waals surface area contributed by atoms with E-state index in [1.807, 2.05) is 0 Å². The Labute approximate surface area is 163 Å². The van der Waals surface area contributed by atoms with E-state index in [1.165, 1.54) is 12.4 Å². The van der Waals surface area contributed by atoms with Gasteiger partial charge in [-0.25, -0.2) is 23.4 Å². The fraction of sp³-hybridized carbons (Fsp3) is 0. The molecule has 2 aromatic carbocycles. The van der Waals surface area contributed by atoms with Gasteiger partial charge in [-0.3, -0.25) is 4.79 Å². The molecule has 0 saturated carbocycles. The van der Waals surface area contributed by atoms with Crippen molar-refractivity contribution in [3.8, 4) is 17.4 Å². The summed E-state index contributed by atoms with van der Waals surface area (Å²) in [6, 6.07) is 12.9. The van der Waals surface area contributed by atoms with Gasteiger partial charge in [0, 0.05) is 29.7 Å². The highest BCUT2D eigenvalue weighted by Crippen LogP contribution is 2.22. The first-order chi connectivity index (χ1) is 14.1. The fourth-order valence-electron chi connectivity index (χ4n) is 2.48. The Bertz CT molecular complexity index is 1150. The van der Waals surface area contributed by atoms with Crippen molar-refractivity contribution in [1.82, 2.24) is 19.7 Å². The lowest BCUT2D eigenvalue weighted by Crippen LogP contribution is -2.12. The van der Waals surface area contributed by atoms with Crippen LogP contribution in [0.15, 0.2) is 73.3 Å². The second kappa shape index (κ2) is 7.85. The van der Waals surface area contributed by atoms with Gasteiger partial charge in [-0.1, -0.05) is 0 Å². The van der Waals surface area contributed by atoms with Crippen molar-refractivity contribution >= 4 is 11.6 Å². The smallest absolute Gasteiger partial charge is 0.255 e. The molecule has 4 rings (SSSR count). The Kier molecular flexibility index (Phi) is 4.93. The zero-order valence-corrected chi connectivity index (χ0v) is 14.8. The summed E-state index contributed by atoms with van der Waals surface area (Å²) >= 11 is 0. The van der Waals surface area contributed by atoms with E-state index in [4.69, 9.17) is 4.74 Å². The Morgan fingerprint density at radius 3 is 2.55 bits per heavy atom. The van der Waals surface area contributed by atoms with E-state index in [1.54, 1.807) is 53.5 Å². The number of hydrogen-bond acceptors (Lipinski definition) is 5. The monoisotopic (exact) mass is 393 g/mol. The first-order valence-electron chi connectivity index (χ1n) is 8.45. The maximum atomic E-state index is 13.3.